The molecule has 1 fully saturated rings. The molecule has 0 N–H and O–H groups in total. The number of hydrogen-bond donors (Lipinski definition) is 0. The van der Waals surface area contributed by atoms with E-state index in [9.17, 15) is 14.9 Å². The van der Waals surface area contributed by atoms with Gasteiger partial charge in [-0.05, 0) is 14.0 Å². The lowest BCUT2D eigenvalue weighted by molar-refractivity contribution is -0.385. The number of ether oxygens (including phenoxy) is 3. The van der Waals surface area contributed by atoms with E-state index in [1.54, 1.807) is 6.92 Å². The molecule has 25 heavy (non-hydrogen) atoms. The second-order valence-electron chi connectivity index (χ2n) is 5.69. The van der Waals surface area contributed by atoms with E-state index in [1.165, 1.54) is 19.2 Å². The van der Waals surface area contributed by atoms with Crippen LogP contribution in [0.1, 0.15) is 17.3 Å². The summed E-state index contributed by atoms with van der Waals surface area (Å²) in [4.78, 5) is 26.9. The van der Waals surface area contributed by atoms with Gasteiger partial charge in [0.05, 0.1) is 24.7 Å². The minimum atomic E-state index is -0.766. The second kappa shape index (κ2) is 8.63. The van der Waals surface area contributed by atoms with Crippen molar-refractivity contribution in [3.05, 3.63) is 27.8 Å². The number of benzene rings is 1. The Morgan fingerprint density at radius 3 is 2.48 bits per heavy atom. The van der Waals surface area contributed by atoms with E-state index in [0.717, 1.165) is 26.2 Å². The van der Waals surface area contributed by atoms with Crippen LogP contribution in [-0.2, 0) is 4.74 Å². The summed E-state index contributed by atoms with van der Waals surface area (Å²) < 4.78 is 15.8. The molecule has 0 unspecified atom stereocenters. The van der Waals surface area contributed by atoms with Crippen molar-refractivity contribution >= 4 is 11.7 Å². The van der Waals surface area contributed by atoms with E-state index in [0.29, 0.717) is 6.73 Å². The lowest BCUT2D eigenvalue weighted by Crippen LogP contribution is -2.45. The van der Waals surface area contributed by atoms with Gasteiger partial charge in [0, 0.05) is 32.2 Å². The first-order valence-electron chi connectivity index (χ1n) is 8.03. The topological polar surface area (TPSA) is 94.4 Å². The molecule has 0 atom stereocenters. The Morgan fingerprint density at radius 1 is 1.24 bits per heavy atom. The van der Waals surface area contributed by atoms with E-state index in [1.807, 2.05) is 0 Å². The average Bonchev–Trinajstić information content (AvgIpc) is 2.60. The lowest BCUT2D eigenvalue weighted by Gasteiger charge is -2.32. The minimum Gasteiger partial charge on any atom is -0.493 e. The fourth-order valence-corrected chi connectivity index (χ4v) is 2.48. The number of esters is 1. The van der Waals surface area contributed by atoms with Gasteiger partial charge in [-0.15, -0.1) is 0 Å². The maximum atomic E-state index is 11.9. The normalized spacial score (nSPS) is 15.6. The number of carbonyl (C=O) groups is 1. The summed E-state index contributed by atoms with van der Waals surface area (Å²) in [6.07, 6.45) is 0. The molecule has 1 aliphatic rings. The van der Waals surface area contributed by atoms with Gasteiger partial charge in [0.15, 0.2) is 11.5 Å². The van der Waals surface area contributed by atoms with E-state index in [4.69, 9.17) is 14.2 Å². The number of hydrogen-bond acceptors (Lipinski definition) is 8. The summed E-state index contributed by atoms with van der Waals surface area (Å²) >= 11 is 0. The van der Waals surface area contributed by atoms with Gasteiger partial charge in [-0.3, -0.25) is 15.0 Å². The van der Waals surface area contributed by atoms with Gasteiger partial charge >= 0.3 is 5.97 Å². The molecule has 2 rings (SSSR count). The highest BCUT2D eigenvalue weighted by Crippen LogP contribution is 2.35. The number of rotatable bonds is 7. The fourth-order valence-electron chi connectivity index (χ4n) is 2.48. The van der Waals surface area contributed by atoms with Crippen molar-refractivity contribution in [3.8, 4) is 11.5 Å². The van der Waals surface area contributed by atoms with Crippen LogP contribution < -0.4 is 9.47 Å². The molecule has 0 spiro atoms. The highest BCUT2D eigenvalue weighted by molar-refractivity contribution is 5.95. The molecular weight excluding hydrogens is 330 g/mol. The van der Waals surface area contributed by atoms with Crippen LogP contribution >= 0.6 is 0 Å². The van der Waals surface area contributed by atoms with Crippen LogP contribution in [0.4, 0.5) is 5.69 Å². The summed E-state index contributed by atoms with van der Waals surface area (Å²) in [5.74, 6) is -0.290. The Bertz CT molecular complexity index is 629. The number of nitrogens with zero attached hydrogens (tertiary/aromatic N) is 3. The van der Waals surface area contributed by atoms with Crippen LogP contribution in [-0.4, -0.2) is 74.4 Å². The summed E-state index contributed by atoms with van der Waals surface area (Å²) in [5.41, 5.74) is -0.525. The Kier molecular flexibility index (Phi) is 6.54. The van der Waals surface area contributed by atoms with Crippen molar-refractivity contribution < 1.29 is 23.9 Å². The van der Waals surface area contributed by atoms with Crippen LogP contribution in [0, 0.1) is 10.1 Å². The summed E-state index contributed by atoms with van der Waals surface area (Å²) in [7, 11) is 3.47. The van der Waals surface area contributed by atoms with Gasteiger partial charge in [0.25, 0.3) is 5.69 Å². The van der Waals surface area contributed by atoms with E-state index < -0.39 is 10.9 Å². The largest absolute Gasteiger partial charge is 0.493 e. The minimum absolute atomic E-state index is 0.125. The first-order chi connectivity index (χ1) is 12.0. The quantitative estimate of drug-likeness (QED) is 0.412. The molecule has 0 bridgehead atoms. The smallest absolute Gasteiger partial charge is 0.345 e. The first-order valence-corrected chi connectivity index (χ1v) is 8.03. The van der Waals surface area contributed by atoms with E-state index in [2.05, 4.69) is 16.8 Å². The van der Waals surface area contributed by atoms with Crippen LogP contribution in [0.3, 0.4) is 0 Å². The number of methoxy groups -OCH3 is 1. The van der Waals surface area contributed by atoms with Crippen molar-refractivity contribution in [2.24, 2.45) is 0 Å². The van der Waals surface area contributed by atoms with Crippen molar-refractivity contribution in [2.45, 2.75) is 6.92 Å². The van der Waals surface area contributed by atoms with E-state index >= 15 is 0 Å². The summed E-state index contributed by atoms with van der Waals surface area (Å²) in [5, 5.41) is 11.3. The molecule has 0 amide bonds. The molecule has 0 saturated carbocycles. The molecule has 1 aliphatic heterocycles. The van der Waals surface area contributed by atoms with Crippen molar-refractivity contribution in [2.75, 3.05) is 53.7 Å². The molecule has 9 nitrogen and oxygen atoms in total. The third-order valence-corrected chi connectivity index (χ3v) is 3.97. The Balaban J connectivity index is 2.20. The zero-order chi connectivity index (χ0) is 18.4. The Hall–Kier alpha value is -2.39. The van der Waals surface area contributed by atoms with Crippen LogP contribution in [0.15, 0.2) is 12.1 Å². The highest BCUT2D eigenvalue weighted by Gasteiger charge is 2.26. The molecule has 0 radical (unpaired) electrons. The molecule has 0 aromatic heterocycles. The second-order valence-corrected chi connectivity index (χ2v) is 5.69. The van der Waals surface area contributed by atoms with Crippen LogP contribution in [0.5, 0.6) is 11.5 Å². The average molecular weight is 353 g/mol. The standard InChI is InChI=1S/C16H23N3O6/c1-4-24-16(20)12-9-14(23-3)15(10-13(12)19(21)22)25-11-18-7-5-17(2)6-8-18/h9-10H,4-8,11H2,1-3H3. The number of piperazine rings is 1. The SMILES string of the molecule is CCOC(=O)c1cc(OC)c(OCN2CCN(C)CC2)cc1[N+](=O)[O-]. The van der Waals surface area contributed by atoms with Gasteiger partial charge in [0.1, 0.15) is 12.3 Å². The summed E-state index contributed by atoms with van der Waals surface area (Å²) in [6, 6.07) is 2.50. The first kappa shape index (κ1) is 18.9. The molecule has 1 aromatic carbocycles. The van der Waals surface area contributed by atoms with E-state index in [-0.39, 0.29) is 29.4 Å². The Labute approximate surface area is 146 Å². The predicted octanol–water partition coefficient (Wildman–Crippen LogP) is 1.36. The van der Waals surface area contributed by atoms with Crippen molar-refractivity contribution in [1.29, 1.82) is 0 Å². The van der Waals surface area contributed by atoms with Gasteiger partial charge in [-0.2, -0.15) is 0 Å². The van der Waals surface area contributed by atoms with Crippen molar-refractivity contribution in [3.63, 3.8) is 0 Å². The molecule has 0 aliphatic carbocycles. The molecular formula is C16H23N3O6. The van der Waals surface area contributed by atoms with Gasteiger partial charge < -0.3 is 19.1 Å². The fraction of sp³-hybridized carbons (Fsp3) is 0.562. The molecule has 9 heteroatoms. The lowest BCUT2D eigenvalue weighted by atomic mass is 10.1. The predicted molar refractivity (Wildman–Crippen MR) is 90.2 cm³/mol. The van der Waals surface area contributed by atoms with Gasteiger partial charge in [-0.1, -0.05) is 0 Å². The molecule has 138 valence electrons. The number of nitro groups is 1. The Morgan fingerprint density at radius 2 is 1.92 bits per heavy atom. The number of nitro benzene ring substituents is 1. The van der Waals surface area contributed by atoms with Crippen molar-refractivity contribution in [1.82, 2.24) is 9.80 Å². The zero-order valence-electron chi connectivity index (χ0n) is 14.7. The third-order valence-electron chi connectivity index (χ3n) is 3.97. The van der Waals surface area contributed by atoms with Crippen LogP contribution in [0.2, 0.25) is 0 Å². The molecule has 1 aromatic rings. The monoisotopic (exact) mass is 353 g/mol. The number of likely N-dealkylation sites (N-methyl/N-ethyl adjacent to an activating group) is 1. The number of carbonyl (C=O) groups excluding carboxylic acids is 1. The third kappa shape index (κ3) is 4.80. The highest BCUT2D eigenvalue weighted by atomic mass is 16.6. The molecule has 1 heterocycles. The maximum absolute atomic E-state index is 11.9. The summed E-state index contributed by atoms with van der Waals surface area (Å²) in [6.45, 7) is 5.61. The maximum Gasteiger partial charge on any atom is 0.345 e. The van der Waals surface area contributed by atoms with Crippen LogP contribution in [0.25, 0.3) is 0 Å². The van der Waals surface area contributed by atoms with Gasteiger partial charge in [-0.25, -0.2) is 4.79 Å². The zero-order valence-corrected chi connectivity index (χ0v) is 14.7. The van der Waals surface area contributed by atoms with Gasteiger partial charge in [0.2, 0.25) is 0 Å². The molecule has 1 saturated heterocycles.